The number of benzene rings is 2. The highest BCUT2D eigenvalue weighted by Gasteiger charge is 2.30. The molecule has 32 heavy (non-hydrogen) atoms. The van der Waals surface area contributed by atoms with Gasteiger partial charge in [-0.15, -0.1) is 21.5 Å². The molecule has 2 aromatic carbocycles. The summed E-state index contributed by atoms with van der Waals surface area (Å²) in [6.07, 6.45) is 3.14. The number of amides is 1. The van der Waals surface area contributed by atoms with Gasteiger partial charge in [-0.2, -0.15) is 0 Å². The van der Waals surface area contributed by atoms with Gasteiger partial charge >= 0.3 is 0 Å². The van der Waals surface area contributed by atoms with Crippen LogP contribution in [-0.4, -0.2) is 42.9 Å². The topological polar surface area (TPSA) is 63.9 Å². The van der Waals surface area contributed by atoms with E-state index < -0.39 is 0 Å². The number of fused-ring (bicyclic) bond motifs is 1. The minimum atomic E-state index is 0.0678. The second-order valence-corrected chi connectivity index (χ2v) is 10.0. The molecule has 0 bridgehead atoms. The summed E-state index contributed by atoms with van der Waals surface area (Å²) >= 11 is 3.18. The van der Waals surface area contributed by atoms with Crippen molar-refractivity contribution in [1.82, 2.24) is 24.6 Å². The van der Waals surface area contributed by atoms with Crippen LogP contribution in [0.4, 0.5) is 0 Å². The van der Waals surface area contributed by atoms with Crippen molar-refractivity contribution in [2.75, 3.05) is 12.3 Å². The first-order valence-corrected chi connectivity index (χ1v) is 12.7. The molecule has 0 saturated carbocycles. The van der Waals surface area contributed by atoms with Crippen molar-refractivity contribution in [2.24, 2.45) is 0 Å². The van der Waals surface area contributed by atoms with Crippen LogP contribution in [-0.2, 0) is 11.3 Å². The smallest absolute Gasteiger partial charge is 0.233 e. The Labute approximate surface area is 195 Å². The van der Waals surface area contributed by atoms with Crippen molar-refractivity contribution in [3.63, 3.8) is 0 Å². The van der Waals surface area contributed by atoms with Gasteiger partial charge in [0.25, 0.3) is 0 Å². The van der Waals surface area contributed by atoms with Gasteiger partial charge in [-0.3, -0.25) is 4.79 Å². The van der Waals surface area contributed by atoms with E-state index in [1.165, 1.54) is 22.0 Å². The maximum Gasteiger partial charge on any atom is 0.233 e. The van der Waals surface area contributed by atoms with E-state index in [-0.39, 0.29) is 11.9 Å². The number of nitrogens with zero attached hydrogens (tertiary/aromatic N) is 5. The maximum atomic E-state index is 13.3. The number of carbonyl (C=O) groups is 1. The Kier molecular flexibility index (Phi) is 6.23. The Morgan fingerprint density at radius 3 is 2.75 bits per heavy atom. The van der Waals surface area contributed by atoms with Gasteiger partial charge in [0, 0.05) is 6.54 Å². The van der Waals surface area contributed by atoms with Crippen molar-refractivity contribution in [1.29, 1.82) is 0 Å². The highest BCUT2D eigenvalue weighted by Crippen LogP contribution is 2.36. The number of carbonyl (C=O) groups excluding carboxylic acids is 1. The third-order valence-electron chi connectivity index (χ3n) is 5.83. The Morgan fingerprint density at radius 2 is 1.91 bits per heavy atom. The zero-order chi connectivity index (χ0) is 21.9. The number of piperidine rings is 1. The largest absolute Gasteiger partial charge is 0.332 e. The lowest BCUT2D eigenvalue weighted by Crippen LogP contribution is -2.39. The molecular formula is C24H25N5OS2. The van der Waals surface area contributed by atoms with E-state index >= 15 is 0 Å². The molecule has 2 aromatic heterocycles. The van der Waals surface area contributed by atoms with Crippen molar-refractivity contribution in [3.05, 3.63) is 71.0 Å². The summed E-state index contributed by atoms with van der Waals surface area (Å²) in [4.78, 5) is 20.1. The molecular weight excluding hydrogens is 438 g/mol. The van der Waals surface area contributed by atoms with Gasteiger partial charge in [0.05, 0.1) is 28.6 Å². The van der Waals surface area contributed by atoms with Crippen molar-refractivity contribution >= 4 is 39.2 Å². The van der Waals surface area contributed by atoms with Crippen LogP contribution in [0.25, 0.3) is 10.2 Å². The molecule has 1 aliphatic rings. The number of rotatable bonds is 6. The molecule has 1 aliphatic heterocycles. The van der Waals surface area contributed by atoms with E-state index in [1.54, 1.807) is 11.3 Å². The maximum absolute atomic E-state index is 13.3. The average Bonchev–Trinajstić information content (AvgIpc) is 3.42. The summed E-state index contributed by atoms with van der Waals surface area (Å²) in [5, 5.41) is 10.4. The molecule has 1 saturated heterocycles. The Hall–Kier alpha value is -2.71. The average molecular weight is 464 g/mol. The molecule has 1 atom stereocenters. The fourth-order valence-corrected chi connectivity index (χ4v) is 6.13. The van der Waals surface area contributed by atoms with Crippen LogP contribution < -0.4 is 0 Å². The molecule has 4 aromatic rings. The van der Waals surface area contributed by atoms with Gasteiger partial charge in [0.2, 0.25) is 5.91 Å². The molecule has 164 valence electrons. The number of hydrogen-bond acceptors (Lipinski definition) is 6. The first-order valence-electron chi connectivity index (χ1n) is 10.9. The highest BCUT2D eigenvalue weighted by molar-refractivity contribution is 7.99. The normalized spacial score (nSPS) is 16.5. The van der Waals surface area contributed by atoms with Crippen LogP contribution in [0.3, 0.4) is 0 Å². The van der Waals surface area contributed by atoms with Gasteiger partial charge in [-0.25, -0.2) is 4.98 Å². The van der Waals surface area contributed by atoms with Gasteiger partial charge < -0.3 is 9.47 Å². The van der Waals surface area contributed by atoms with Gasteiger partial charge in [0.1, 0.15) is 10.8 Å². The minimum absolute atomic E-state index is 0.0678. The number of thiazole rings is 1. The fraction of sp³-hybridized carbons (Fsp3) is 0.333. The van der Waals surface area contributed by atoms with Gasteiger partial charge in [-0.05, 0) is 43.9 Å². The molecule has 0 N–H and O–H groups in total. The number of hydrogen-bond donors (Lipinski definition) is 0. The van der Waals surface area contributed by atoms with Crippen molar-refractivity contribution in [2.45, 2.75) is 43.9 Å². The summed E-state index contributed by atoms with van der Waals surface area (Å²) in [5.41, 5.74) is 2.21. The van der Waals surface area contributed by atoms with E-state index in [0.717, 1.165) is 47.3 Å². The van der Waals surface area contributed by atoms with Crippen LogP contribution in [0.5, 0.6) is 0 Å². The zero-order valence-electron chi connectivity index (χ0n) is 18.0. The zero-order valence-corrected chi connectivity index (χ0v) is 19.6. The molecule has 1 fully saturated rings. The number of aromatic nitrogens is 4. The lowest BCUT2D eigenvalue weighted by molar-refractivity contribution is -0.132. The summed E-state index contributed by atoms with van der Waals surface area (Å²) < 4.78 is 3.26. The van der Waals surface area contributed by atoms with Crippen LogP contribution >= 0.6 is 23.1 Å². The lowest BCUT2D eigenvalue weighted by atomic mass is 10.0. The van der Waals surface area contributed by atoms with E-state index in [2.05, 4.69) is 33.0 Å². The molecule has 1 amide bonds. The summed E-state index contributed by atoms with van der Waals surface area (Å²) in [6, 6.07) is 18.5. The first-order chi connectivity index (χ1) is 15.7. The third-order valence-corrected chi connectivity index (χ3v) is 7.92. The summed E-state index contributed by atoms with van der Waals surface area (Å²) in [5.74, 6) is 1.36. The SMILES string of the molecule is Cc1nnc(SCC(=O)N2CCCC[C@H]2c2nc3ccccc3s2)n1Cc1ccccc1. The molecule has 0 spiro atoms. The van der Waals surface area contributed by atoms with Gasteiger partial charge in [0.15, 0.2) is 5.16 Å². The van der Waals surface area contributed by atoms with Crippen molar-refractivity contribution in [3.8, 4) is 0 Å². The summed E-state index contributed by atoms with van der Waals surface area (Å²) in [6.45, 7) is 3.44. The lowest BCUT2D eigenvalue weighted by Gasteiger charge is -2.34. The standard InChI is InChI=1S/C24H25N5OS2/c1-17-26-27-24(29(17)15-18-9-3-2-4-10-18)31-16-22(30)28-14-8-7-12-20(28)23-25-19-11-5-6-13-21(19)32-23/h2-6,9-11,13,20H,7-8,12,14-16H2,1H3/t20-/m0/s1. The molecule has 8 heteroatoms. The van der Waals surface area contributed by atoms with Crippen LogP contribution in [0.2, 0.25) is 0 Å². The van der Waals surface area contributed by atoms with E-state index in [9.17, 15) is 4.79 Å². The molecule has 5 rings (SSSR count). The van der Waals surface area contributed by atoms with Gasteiger partial charge in [-0.1, -0.05) is 54.2 Å². The Morgan fingerprint density at radius 1 is 1.09 bits per heavy atom. The second-order valence-electron chi connectivity index (χ2n) is 8.01. The van der Waals surface area contributed by atoms with Crippen LogP contribution in [0, 0.1) is 6.92 Å². The molecule has 6 nitrogen and oxygen atoms in total. The van der Waals surface area contributed by atoms with E-state index in [1.807, 2.05) is 48.2 Å². The van der Waals surface area contributed by atoms with E-state index in [0.29, 0.717) is 12.3 Å². The number of thioether (sulfide) groups is 1. The molecule has 3 heterocycles. The minimum Gasteiger partial charge on any atom is -0.332 e. The Balaban J connectivity index is 1.30. The predicted octanol–water partition coefficient (Wildman–Crippen LogP) is 5.09. The number of aryl methyl sites for hydroxylation is 1. The third kappa shape index (κ3) is 4.42. The monoisotopic (exact) mass is 463 g/mol. The Bertz CT molecular complexity index is 1190. The number of para-hydroxylation sites is 1. The van der Waals surface area contributed by atoms with Crippen molar-refractivity contribution < 1.29 is 4.79 Å². The molecule has 0 unspecified atom stereocenters. The van der Waals surface area contributed by atoms with Crippen LogP contribution in [0.15, 0.2) is 59.8 Å². The number of likely N-dealkylation sites (tertiary alicyclic amines) is 1. The highest BCUT2D eigenvalue weighted by atomic mass is 32.2. The quantitative estimate of drug-likeness (QED) is 0.373. The first kappa shape index (κ1) is 21.2. The molecule has 0 radical (unpaired) electrons. The van der Waals surface area contributed by atoms with E-state index in [4.69, 9.17) is 4.98 Å². The second kappa shape index (κ2) is 9.42. The predicted molar refractivity (Wildman–Crippen MR) is 129 cm³/mol. The fourth-order valence-electron chi connectivity index (χ4n) is 4.14. The molecule has 0 aliphatic carbocycles. The van der Waals surface area contributed by atoms with Crippen LogP contribution in [0.1, 0.15) is 41.7 Å². The summed E-state index contributed by atoms with van der Waals surface area (Å²) in [7, 11) is 0.